The molecule has 0 aromatic heterocycles. The van der Waals surface area contributed by atoms with E-state index < -0.39 is 29.9 Å². The predicted molar refractivity (Wildman–Crippen MR) is 144 cm³/mol. The van der Waals surface area contributed by atoms with Crippen LogP contribution in [-0.2, 0) is 25.8 Å². The van der Waals surface area contributed by atoms with Crippen molar-refractivity contribution in [2.24, 2.45) is 17.4 Å². The molecule has 0 unspecified atom stereocenters. The first-order valence-corrected chi connectivity index (χ1v) is 12.7. The number of aliphatic hydroxyl groups excluding tert-OH is 1. The van der Waals surface area contributed by atoms with Gasteiger partial charge in [0.2, 0.25) is 17.7 Å². The highest BCUT2D eigenvalue weighted by Crippen LogP contribution is 2.24. The number of anilines is 1. The van der Waals surface area contributed by atoms with Gasteiger partial charge in [-0.2, -0.15) is 0 Å². The van der Waals surface area contributed by atoms with Crippen LogP contribution in [0.25, 0.3) is 0 Å². The summed E-state index contributed by atoms with van der Waals surface area (Å²) in [5.74, 6) is -1.90. The molecule has 1 aromatic rings. The Morgan fingerprint density at radius 1 is 1.00 bits per heavy atom. The van der Waals surface area contributed by atoms with Crippen molar-refractivity contribution in [3.05, 3.63) is 23.8 Å². The molecule has 0 saturated carbocycles. The van der Waals surface area contributed by atoms with Crippen LogP contribution < -0.4 is 42.8 Å². The van der Waals surface area contributed by atoms with Crippen molar-refractivity contribution in [2.75, 3.05) is 31.6 Å². The molecule has 39 heavy (non-hydrogen) atoms. The normalized spacial score (nSPS) is 12.2. The Morgan fingerprint density at radius 2 is 1.69 bits per heavy atom. The minimum Gasteiger partial charge on any atom is -0.483 e. The summed E-state index contributed by atoms with van der Waals surface area (Å²) in [5, 5.41) is 22.7. The standard InChI is InChI=1S/C25H41N7O7/c1-15(2)22(30-16(3)34)24(37)32-19(6-4-10-29-25(27)38)23(36)31-18-8-7-17(13-33)20(12-18)39-14-21(35)28-11-5-9-26/h7-8,12,15,19,22,33H,4-6,9-11,13-14,26H2,1-3H3,(H,28,35)(H,30,34)(H,31,36)(H,32,37)(H3,27,29,38)/t19-,22-/m0/s1. The van der Waals surface area contributed by atoms with E-state index in [0.717, 1.165) is 0 Å². The highest BCUT2D eigenvalue weighted by Gasteiger charge is 2.28. The molecule has 14 heteroatoms. The summed E-state index contributed by atoms with van der Waals surface area (Å²) in [6.07, 6.45) is 1.10. The van der Waals surface area contributed by atoms with Gasteiger partial charge in [-0.1, -0.05) is 19.9 Å². The van der Waals surface area contributed by atoms with Crippen LogP contribution in [0.1, 0.15) is 45.6 Å². The maximum absolute atomic E-state index is 13.2. The molecule has 10 N–H and O–H groups in total. The molecule has 6 amide bonds. The SMILES string of the molecule is CC(=O)N[C@H](C(=O)N[C@@H](CCCNC(N)=O)C(=O)Nc1ccc(CO)c(OCC(=O)NCCCN)c1)C(C)C. The lowest BCUT2D eigenvalue weighted by Gasteiger charge is -2.25. The summed E-state index contributed by atoms with van der Waals surface area (Å²) in [5.41, 5.74) is 11.2. The maximum atomic E-state index is 13.2. The summed E-state index contributed by atoms with van der Waals surface area (Å²) >= 11 is 0. The quantitative estimate of drug-likeness (QED) is 0.112. The number of ether oxygens (including phenoxy) is 1. The topological polar surface area (TPSA) is 227 Å². The van der Waals surface area contributed by atoms with E-state index in [4.69, 9.17) is 16.2 Å². The van der Waals surface area contributed by atoms with Gasteiger partial charge in [-0.15, -0.1) is 0 Å². The van der Waals surface area contributed by atoms with E-state index in [1.165, 1.54) is 19.1 Å². The van der Waals surface area contributed by atoms with Crippen LogP contribution in [0.3, 0.4) is 0 Å². The second-order valence-corrected chi connectivity index (χ2v) is 9.17. The van der Waals surface area contributed by atoms with Crippen molar-refractivity contribution in [2.45, 2.75) is 58.7 Å². The fourth-order valence-electron chi connectivity index (χ4n) is 3.45. The van der Waals surface area contributed by atoms with E-state index in [-0.39, 0.29) is 49.7 Å². The molecule has 218 valence electrons. The van der Waals surface area contributed by atoms with Gasteiger partial charge in [0.15, 0.2) is 6.61 Å². The lowest BCUT2D eigenvalue weighted by Crippen LogP contribution is -2.54. The van der Waals surface area contributed by atoms with E-state index in [2.05, 4.69) is 26.6 Å². The second-order valence-electron chi connectivity index (χ2n) is 9.17. The van der Waals surface area contributed by atoms with Crippen LogP contribution in [0, 0.1) is 5.92 Å². The zero-order valence-electron chi connectivity index (χ0n) is 22.7. The van der Waals surface area contributed by atoms with E-state index in [9.17, 15) is 29.1 Å². The molecule has 0 spiro atoms. The minimum absolute atomic E-state index is 0.157. The van der Waals surface area contributed by atoms with Gasteiger partial charge in [-0.05, 0) is 37.8 Å². The van der Waals surface area contributed by atoms with Gasteiger partial charge >= 0.3 is 6.03 Å². The Bertz CT molecular complexity index is 988. The number of primary amides is 1. The summed E-state index contributed by atoms with van der Waals surface area (Å²) < 4.78 is 5.55. The fourth-order valence-corrected chi connectivity index (χ4v) is 3.45. The van der Waals surface area contributed by atoms with Crippen molar-refractivity contribution in [1.82, 2.24) is 21.3 Å². The molecule has 1 aromatic carbocycles. The summed E-state index contributed by atoms with van der Waals surface area (Å²) in [6.45, 7) is 5.18. The summed E-state index contributed by atoms with van der Waals surface area (Å²) in [4.78, 5) is 60.6. The molecular formula is C25H41N7O7. The number of carbonyl (C=O) groups excluding carboxylic acids is 5. The van der Waals surface area contributed by atoms with E-state index in [0.29, 0.717) is 37.2 Å². The number of aliphatic hydroxyl groups is 1. The Labute approximate surface area is 228 Å². The van der Waals surface area contributed by atoms with Crippen molar-refractivity contribution in [3.63, 3.8) is 0 Å². The first kappa shape index (κ1) is 33.1. The van der Waals surface area contributed by atoms with Gasteiger partial charge in [0.25, 0.3) is 5.91 Å². The molecule has 0 bridgehead atoms. The first-order valence-electron chi connectivity index (χ1n) is 12.7. The molecule has 0 fully saturated rings. The molecule has 0 heterocycles. The molecule has 1 rings (SSSR count). The molecule has 0 aliphatic carbocycles. The van der Waals surface area contributed by atoms with Crippen LogP contribution in [-0.4, -0.2) is 73.1 Å². The number of hydrogen-bond donors (Lipinski definition) is 8. The van der Waals surface area contributed by atoms with Crippen molar-refractivity contribution in [3.8, 4) is 5.75 Å². The third-order valence-corrected chi connectivity index (χ3v) is 5.48. The minimum atomic E-state index is -1.02. The van der Waals surface area contributed by atoms with Crippen molar-refractivity contribution < 1.29 is 33.8 Å². The second kappa shape index (κ2) is 17.6. The fraction of sp³-hybridized carbons (Fsp3) is 0.560. The number of hydrogen-bond acceptors (Lipinski definition) is 8. The molecule has 2 atom stereocenters. The van der Waals surface area contributed by atoms with Gasteiger partial charge in [0, 0.05) is 37.3 Å². The lowest BCUT2D eigenvalue weighted by atomic mass is 10.0. The largest absolute Gasteiger partial charge is 0.483 e. The zero-order valence-corrected chi connectivity index (χ0v) is 22.7. The predicted octanol–water partition coefficient (Wildman–Crippen LogP) is -0.945. The number of carbonyl (C=O) groups is 5. The van der Waals surface area contributed by atoms with E-state index in [1.807, 2.05) is 0 Å². The van der Waals surface area contributed by atoms with Gasteiger partial charge in [0.1, 0.15) is 17.8 Å². The van der Waals surface area contributed by atoms with E-state index >= 15 is 0 Å². The molecule has 0 aliphatic rings. The smallest absolute Gasteiger partial charge is 0.312 e. The molecule has 0 radical (unpaired) electrons. The highest BCUT2D eigenvalue weighted by molar-refractivity contribution is 5.98. The Hall–Kier alpha value is -3.91. The van der Waals surface area contributed by atoms with Crippen LogP contribution >= 0.6 is 0 Å². The molecular weight excluding hydrogens is 510 g/mol. The first-order chi connectivity index (χ1) is 18.5. The number of rotatable bonds is 17. The maximum Gasteiger partial charge on any atom is 0.312 e. The number of benzene rings is 1. The monoisotopic (exact) mass is 551 g/mol. The highest BCUT2D eigenvalue weighted by atomic mass is 16.5. The Kier molecular flexibility index (Phi) is 14.9. The van der Waals surface area contributed by atoms with Crippen molar-refractivity contribution in [1.29, 1.82) is 0 Å². The third-order valence-electron chi connectivity index (χ3n) is 5.48. The number of amides is 6. The lowest BCUT2D eigenvalue weighted by molar-refractivity contribution is -0.131. The Morgan fingerprint density at radius 3 is 2.28 bits per heavy atom. The average molecular weight is 552 g/mol. The number of urea groups is 1. The summed E-state index contributed by atoms with van der Waals surface area (Å²) in [7, 11) is 0. The number of nitrogens with two attached hydrogens (primary N) is 2. The van der Waals surface area contributed by atoms with Gasteiger partial charge in [-0.3, -0.25) is 19.2 Å². The van der Waals surface area contributed by atoms with Crippen LogP contribution in [0.4, 0.5) is 10.5 Å². The van der Waals surface area contributed by atoms with E-state index in [1.54, 1.807) is 19.9 Å². The zero-order chi connectivity index (χ0) is 29.4. The van der Waals surface area contributed by atoms with Crippen LogP contribution in [0.2, 0.25) is 0 Å². The van der Waals surface area contributed by atoms with Gasteiger partial charge < -0.3 is 47.9 Å². The third kappa shape index (κ3) is 12.9. The van der Waals surface area contributed by atoms with Gasteiger partial charge in [-0.25, -0.2) is 4.79 Å². The van der Waals surface area contributed by atoms with Crippen LogP contribution in [0.5, 0.6) is 5.75 Å². The Balaban J connectivity index is 3.01. The molecule has 0 saturated heterocycles. The van der Waals surface area contributed by atoms with Gasteiger partial charge in [0.05, 0.1) is 6.61 Å². The van der Waals surface area contributed by atoms with Crippen LogP contribution in [0.15, 0.2) is 18.2 Å². The molecule has 0 aliphatic heterocycles. The van der Waals surface area contributed by atoms with Crippen molar-refractivity contribution >= 4 is 35.3 Å². The number of nitrogens with one attached hydrogen (secondary N) is 5. The average Bonchev–Trinajstić information content (AvgIpc) is 2.87. The molecule has 14 nitrogen and oxygen atoms in total. The summed E-state index contributed by atoms with van der Waals surface area (Å²) in [6, 6.07) is 1.94.